The van der Waals surface area contributed by atoms with Crippen LogP contribution in [0.1, 0.15) is 37.0 Å². The molecule has 0 bridgehead atoms. The first-order valence-electron chi connectivity index (χ1n) is 8.74. The van der Waals surface area contributed by atoms with Gasteiger partial charge < -0.3 is 0 Å². The molecule has 1 fully saturated rings. The number of amides is 2. The number of nitrogens with zero attached hydrogens (tertiary/aromatic N) is 1. The molecule has 2 heterocycles. The first-order chi connectivity index (χ1) is 12.6. The van der Waals surface area contributed by atoms with Crippen LogP contribution in [0.15, 0.2) is 51.6 Å². The fourth-order valence-electron chi connectivity index (χ4n) is 3.55. The van der Waals surface area contributed by atoms with Gasteiger partial charge in [0, 0.05) is 20.8 Å². The Balaban J connectivity index is 1.71. The lowest BCUT2D eigenvalue weighted by atomic mass is 9.94. The van der Waals surface area contributed by atoms with Gasteiger partial charge in [0.2, 0.25) is 0 Å². The molecule has 0 saturated heterocycles. The minimum atomic E-state index is -0.148. The smallest absolute Gasteiger partial charge is 0.268 e. The summed E-state index contributed by atoms with van der Waals surface area (Å²) < 4.78 is 0. The summed E-state index contributed by atoms with van der Waals surface area (Å²) in [6.45, 7) is 0. The van der Waals surface area contributed by atoms with E-state index < -0.39 is 0 Å². The normalized spacial score (nSPS) is 18.9. The van der Waals surface area contributed by atoms with Crippen molar-refractivity contribution >= 4 is 52.1 Å². The van der Waals surface area contributed by atoms with E-state index in [1.807, 2.05) is 29.6 Å². The van der Waals surface area contributed by atoms with E-state index in [9.17, 15) is 9.59 Å². The van der Waals surface area contributed by atoms with Crippen molar-refractivity contribution in [2.24, 2.45) is 0 Å². The maximum Gasteiger partial charge on any atom is 0.268 e. The van der Waals surface area contributed by atoms with Gasteiger partial charge in [0.1, 0.15) is 0 Å². The number of thioether (sulfide) groups is 1. The second kappa shape index (κ2) is 7.59. The minimum Gasteiger partial charge on any atom is -0.271 e. The zero-order chi connectivity index (χ0) is 18.1. The summed E-state index contributed by atoms with van der Waals surface area (Å²) in [7, 11) is 0. The molecular formula is C20H18ClNO2S2. The maximum absolute atomic E-state index is 13.2. The fraction of sp³-hybridized carbons (Fsp3) is 0.300. The molecule has 0 atom stereocenters. The fourth-order valence-corrected chi connectivity index (χ4v) is 5.50. The molecule has 6 heteroatoms. The van der Waals surface area contributed by atoms with Crippen molar-refractivity contribution in [1.82, 2.24) is 4.90 Å². The SMILES string of the molecule is O=C1C(Sc2ccc(Cl)cc2)=C(c2cccs2)C(=O)N1C1CCCCC1. The van der Waals surface area contributed by atoms with Gasteiger partial charge in [-0.25, -0.2) is 0 Å². The molecule has 1 aromatic heterocycles. The second-order valence-electron chi connectivity index (χ2n) is 6.51. The van der Waals surface area contributed by atoms with Crippen LogP contribution in [-0.2, 0) is 9.59 Å². The van der Waals surface area contributed by atoms with Crippen LogP contribution in [0.2, 0.25) is 5.02 Å². The van der Waals surface area contributed by atoms with Gasteiger partial charge in [-0.05, 0) is 48.6 Å². The average molecular weight is 404 g/mol. The molecule has 1 aliphatic carbocycles. The van der Waals surface area contributed by atoms with Crippen LogP contribution in [-0.4, -0.2) is 22.8 Å². The lowest BCUT2D eigenvalue weighted by Gasteiger charge is -2.29. The Morgan fingerprint density at radius 3 is 2.38 bits per heavy atom. The van der Waals surface area contributed by atoms with Gasteiger partial charge in [-0.1, -0.05) is 48.7 Å². The van der Waals surface area contributed by atoms with E-state index in [2.05, 4.69) is 0 Å². The Labute approximate surface area is 166 Å². The molecule has 4 rings (SSSR count). The third-order valence-corrected chi connectivity index (χ3v) is 7.04. The van der Waals surface area contributed by atoms with Gasteiger partial charge in [0.25, 0.3) is 11.8 Å². The van der Waals surface area contributed by atoms with Crippen molar-refractivity contribution in [1.29, 1.82) is 0 Å². The van der Waals surface area contributed by atoms with Gasteiger partial charge in [0.15, 0.2) is 0 Å². The number of hydrogen-bond acceptors (Lipinski definition) is 4. The van der Waals surface area contributed by atoms with Crippen molar-refractivity contribution in [3.8, 4) is 0 Å². The summed E-state index contributed by atoms with van der Waals surface area (Å²) in [5.41, 5.74) is 0.551. The van der Waals surface area contributed by atoms with Crippen LogP contribution in [0.3, 0.4) is 0 Å². The van der Waals surface area contributed by atoms with Gasteiger partial charge >= 0.3 is 0 Å². The largest absolute Gasteiger partial charge is 0.271 e. The number of carbonyl (C=O) groups is 2. The molecule has 0 N–H and O–H groups in total. The Hall–Kier alpha value is -1.56. The van der Waals surface area contributed by atoms with Crippen LogP contribution < -0.4 is 0 Å². The number of thiophene rings is 1. The maximum atomic E-state index is 13.2. The molecule has 0 unspecified atom stereocenters. The molecule has 1 saturated carbocycles. The molecule has 2 aliphatic rings. The zero-order valence-electron chi connectivity index (χ0n) is 14.1. The van der Waals surface area contributed by atoms with Crippen molar-refractivity contribution in [2.75, 3.05) is 0 Å². The number of benzene rings is 1. The Morgan fingerprint density at radius 1 is 1.00 bits per heavy atom. The Bertz CT molecular complexity index is 852. The van der Waals surface area contributed by atoms with E-state index in [0.717, 1.165) is 35.5 Å². The first-order valence-corrected chi connectivity index (χ1v) is 10.8. The molecule has 2 aromatic rings. The number of carbonyl (C=O) groups excluding carboxylic acids is 2. The highest BCUT2D eigenvalue weighted by Gasteiger charge is 2.43. The molecular weight excluding hydrogens is 386 g/mol. The molecule has 0 radical (unpaired) electrons. The highest BCUT2D eigenvalue weighted by Crippen LogP contribution is 2.43. The molecule has 134 valence electrons. The van der Waals surface area contributed by atoms with Crippen molar-refractivity contribution in [3.05, 3.63) is 56.6 Å². The number of imide groups is 1. The van der Waals surface area contributed by atoms with E-state index in [1.165, 1.54) is 34.4 Å². The zero-order valence-corrected chi connectivity index (χ0v) is 16.5. The number of halogens is 1. The summed E-state index contributed by atoms with van der Waals surface area (Å²) >= 11 is 8.83. The monoisotopic (exact) mass is 403 g/mol. The standard InChI is InChI=1S/C20H18ClNO2S2/c21-13-8-10-15(11-9-13)26-18-17(16-7-4-12-25-16)19(23)22(20(18)24)14-5-2-1-3-6-14/h4,7-12,14H,1-3,5-6H2. The summed E-state index contributed by atoms with van der Waals surface area (Å²) in [5, 5.41) is 2.59. The number of rotatable bonds is 4. The summed E-state index contributed by atoms with van der Waals surface area (Å²) in [5.74, 6) is -0.286. The first kappa shape index (κ1) is 17.8. The highest BCUT2D eigenvalue weighted by molar-refractivity contribution is 8.04. The summed E-state index contributed by atoms with van der Waals surface area (Å²) in [4.78, 5) is 30.2. The molecule has 1 aromatic carbocycles. The Kier molecular flexibility index (Phi) is 5.20. The van der Waals surface area contributed by atoms with Gasteiger partial charge in [-0.2, -0.15) is 0 Å². The van der Waals surface area contributed by atoms with E-state index in [0.29, 0.717) is 15.5 Å². The third kappa shape index (κ3) is 3.36. The highest BCUT2D eigenvalue weighted by atomic mass is 35.5. The molecule has 2 amide bonds. The third-order valence-electron chi connectivity index (χ3n) is 4.81. The van der Waals surface area contributed by atoms with E-state index in [4.69, 9.17) is 11.6 Å². The van der Waals surface area contributed by atoms with Crippen LogP contribution in [0.5, 0.6) is 0 Å². The molecule has 0 spiro atoms. The van der Waals surface area contributed by atoms with Gasteiger partial charge in [0.05, 0.1) is 10.5 Å². The Morgan fingerprint density at radius 2 is 1.73 bits per heavy atom. The van der Waals surface area contributed by atoms with Crippen molar-refractivity contribution in [2.45, 2.75) is 43.0 Å². The minimum absolute atomic E-state index is 0.0297. The summed E-state index contributed by atoms with van der Waals surface area (Å²) in [6.07, 6.45) is 5.16. The predicted molar refractivity (Wildman–Crippen MR) is 107 cm³/mol. The topological polar surface area (TPSA) is 37.4 Å². The second-order valence-corrected chi connectivity index (χ2v) is 8.98. The van der Waals surface area contributed by atoms with Crippen LogP contribution in [0.25, 0.3) is 5.57 Å². The molecule has 26 heavy (non-hydrogen) atoms. The van der Waals surface area contributed by atoms with Crippen molar-refractivity contribution in [3.63, 3.8) is 0 Å². The van der Waals surface area contributed by atoms with Crippen LogP contribution in [0, 0.1) is 0 Å². The predicted octanol–water partition coefficient (Wildman–Crippen LogP) is 5.61. The lowest BCUT2D eigenvalue weighted by Crippen LogP contribution is -2.42. The van der Waals surface area contributed by atoms with Gasteiger partial charge in [-0.15, -0.1) is 11.3 Å². The van der Waals surface area contributed by atoms with E-state index >= 15 is 0 Å². The van der Waals surface area contributed by atoms with E-state index in [-0.39, 0.29) is 17.9 Å². The van der Waals surface area contributed by atoms with Crippen LogP contribution in [0.4, 0.5) is 0 Å². The van der Waals surface area contributed by atoms with Gasteiger partial charge in [-0.3, -0.25) is 14.5 Å². The molecule has 1 aliphatic heterocycles. The summed E-state index contributed by atoms with van der Waals surface area (Å²) in [6, 6.07) is 11.2. The lowest BCUT2D eigenvalue weighted by molar-refractivity contribution is -0.139. The average Bonchev–Trinajstić information content (AvgIpc) is 3.25. The van der Waals surface area contributed by atoms with Crippen molar-refractivity contribution < 1.29 is 9.59 Å². The molecule has 3 nitrogen and oxygen atoms in total. The number of hydrogen-bond donors (Lipinski definition) is 0. The van der Waals surface area contributed by atoms with E-state index in [1.54, 1.807) is 12.1 Å². The quantitative estimate of drug-likeness (QED) is 0.623. The van der Waals surface area contributed by atoms with Crippen LogP contribution >= 0.6 is 34.7 Å².